The highest BCUT2D eigenvalue weighted by molar-refractivity contribution is 6.39. The summed E-state index contributed by atoms with van der Waals surface area (Å²) >= 11 is 6.37. The summed E-state index contributed by atoms with van der Waals surface area (Å²) in [6, 6.07) is 8.42. The minimum atomic E-state index is -1.45. The van der Waals surface area contributed by atoms with Gasteiger partial charge in [-0.25, -0.2) is 4.42 Å². The highest BCUT2D eigenvalue weighted by Crippen LogP contribution is 2.35. The first-order valence-corrected chi connectivity index (χ1v) is 11.4. The minimum Gasteiger partial charge on any atom is -0.494 e. The molecular formula is C24H30ClN3O6. The van der Waals surface area contributed by atoms with Crippen molar-refractivity contribution in [3.8, 4) is 23.0 Å². The molecule has 0 aliphatic rings. The van der Waals surface area contributed by atoms with E-state index in [1.165, 1.54) is 6.92 Å². The third-order valence-corrected chi connectivity index (χ3v) is 4.73. The number of azo groups is 1. The number of Topliss-reactive ketones (excluding diaryl/α,β-unsaturated/α-hetero) is 1. The fourth-order valence-electron chi connectivity index (χ4n) is 2.94. The lowest BCUT2D eigenvalue weighted by Gasteiger charge is -2.20. The standard InChI is InChI=1S/C24H30ClN3O6/c1-6-31-18-11-13-20(32-7-2)19(15-18)28(25)24(30)23(16(5)29)27-26-17-10-12-21(33-8-3)22(14-17)34-9-4/h10-15,23H,6-9H2,1-5H3. The zero-order valence-electron chi connectivity index (χ0n) is 20.0. The molecule has 10 heteroatoms. The molecule has 0 fully saturated rings. The van der Waals surface area contributed by atoms with E-state index in [0.29, 0.717) is 55.1 Å². The van der Waals surface area contributed by atoms with E-state index >= 15 is 0 Å². The van der Waals surface area contributed by atoms with Gasteiger partial charge in [0.25, 0.3) is 5.91 Å². The fraction of sp³-hybridized carbons (Fsp3) is 0.417. The highest BCUT2D eigenvalue weighted by atomic mass is 35.5. The number of carbonyl (C=O) groups excluding carboxylic acids is 2. The second kappa shape index (κ2) is 13.4. The number of carbonyl (C=O) groups is 2. The molecule has 1 amide bonds. The number of nitrogens with zero attached hydrogens (tertiary/aromatic N) is 3. The highest BCUT2D eigenvalue weighted by Gasteiger charge is 2.30. The first-order valence-electron chi connectivity index (χ1n) is 11.1. The Balaban J connectivity index is 2.34. The lowest BCUT2D eigenvalue weighted by molar-refractivity contribution is -0.126. The van der Waals surface area contributed by atoms with Crippen LogP contribution in [0.5, 0.6) is 23.0 Å². The molecule has 0 N–H and O–H groups in total. The molecule has 2 rings (SSSR count). The van der Waals surface area contributed by atoms with Crippen LogP contribution in [0.4, 0.5) is 11.4 Å². The summed E-state index contributed by atoms with van der Waals surface area (Å²) < 4.78 is 23.0. The first kappa shape index (κ1) is 26.9. The first-order chi connectivity index (χ1) is 16.4. The van der Waals surface area contributed by atoms with E-state index in [-0.39, 0.29) is 5.69 Å². The Hall–Kier alpha value is -3.33. The predicted molar refractivity (Wildman–Crippen MR) is 130 cm³/mol. The number of ketones is 1. The van der Waals surface area contributed by atoms with Crippen molar-refractivity contribution in [3.05, 3.63) is 36.4 Å². The Morgan fingerprint density at radius 2 is 1.44 bits per heavy atom. The predicted octanol–water partition coefficient (Wildman–Crippen LogP) is 5.51. The van der Waals surface area contributed by atoms with Crippen LogP contribution in [0.25, 0.3) is 0 Å². The van der Waals surface area contributed by atoms with E-state index in [4.69, 9.17) is 30.7 Å². The summed E-state index contributed by atoms with van der Waals surface area (Å²) in [7, 11) is 0. The van der Waals surface area contributed by atoms with Crippen molar-refractivity contribution in [3.63, 3.8) is 0 Å². The van der Waals surface area contributed by atoms with Gasteiger partial charge < -0.3 is 18.9 Å². The maximum Gasteiger partial charge on any atom is 0.276 e. The molecule has 0 saturated carbocycles. The SMILES string of the molecule is CCOc1ccc(OCC)c(N(Cl)C(=O)C(N=Nc2ccc(OCC)c(OCC)c2)C(C)=O)c1. The van der Waals surface area contributed by atoms with Crippen molar-refractivity contribution in [1.82, 2.24) is 0 Å². The van der Waals surface area contributed by atoms with Gasteiger partial charge in [-0.1, -0.05) is 0 Å². The maximum atomic E-state index is 13.1. The number of rotatable bonds is 13. The molecule has 0 bridgehead atoms. The van der Waals surface area contributed by atoms with Gasteiger partial charge in [0.1, 0.15) is 17.2 Å². The summed E-state index contributed by atoms with van der Waals surface area (Å²) in [5, 5.41) is 8.06. The van der Waals surface area contributed by atoms with E-state index in [1.807, 2.05) is 20.8 Å². The molecule has 2 aromatic rings. The molecule has 2 aromatic carbocycles. The van der Waals surface area contributed by atoms with Crippen LogP contribution in [0.15, 0.2) is 46.6 Å². The smallest absolute Gasteiger partial charge is 0.276 e. The van der Waals surface area contributed by atoms with Crippen LogP contribution in [-0.2, 0) is 9.59 Å². The van der Waals surface area contributed by atoms with Crippen molar-refractivity contribution in [1.29, 1.82) is 0 Å². The number of hydrogen-bond acceptors (Lipinski definition) is 8. The fourth-order valence-corrected chi connectivity index (χ4v) is 3.17. The molecule has 0 saturated heterocycles. The Labute approximate surface area is 204 Å². The van der Waals surface area contributed by atoms with Crippen LogP contribution in [0.3, 0.4) is 0 Å². The van der Waals surface area contributed by atoms with E-state index in [1.54, 1.807) is 43.3 Å². The molecule has 0 radical (unpaired) electrons. The second-order valence-electron chi connectivity index (χ2n) is 6.84. The molecule has 34 heavy (non-hydrogen) atoms. The van der Waals surface area contributed by atoms with Crippen molar-refractivity contribution in [2.45, 2.75) is 40.7 Å². The number of benzene rings is 2. The van der Waals surface area contributed by atoms with Crippen LogP contribution in [0.2, 0.25) is 0 Å². The Morgan fingerprint density at radius 1 is 0.853 bits per heavy atom. The average Bonchev–Trinajstić information content (AvgIpc) is 2.81. The van der Waals surface area contributed by atoms with Gasteiger partial charge in [-0.15, -0.1) is 0 Å². The maximum absolute atomic E-state index is 13.1. The van der Waals surface area contributed by atoms with Crippen LogP contribution < -0.4 is 23.4 Å². The topological polar surface area (TPSA) is 99.0 Å². The largest absolute Gasteiger partial charge is 0.494 e. The quantitative estimate of drug-likeness (QED) is 0.208. The van der Waals surface area contributed by atoms with Crippen molar-refractivity contribution < 1.29 is 28.5 Å². The molecule has 1 unspecified atom stereocenters. The minimum absolute atomic E-state index is 0.237. The third kappa shape index (κ3) is 7.08. The van der Waals surface area contributed by atoms with Crippen molar-refractivity contribution >= 4 is 34.8 Å². The molecular weight excluding hydrogens is 462 g/mol. The molecule has 9 nitrogen and oxygen atoms in total. The molecule has 0 aromatic heterocycles. The molecule has 184 valence electrons. The average molecular weight is 492 g/mol. The summed E-state index contributed by atoms with van der Waals surface area (Å²) in [4.78, 5) is 25.4. The van der Waals surface area contributed by atoms with Crippen LogP contribution in [-0.4, -0.2) is 44.2 Å². The van der Waals surface area contributed by atoms with E-state index < -0.39 is 17.7 Å². The van der Waals surface area contributed by atoms with Crippen molar-refractivity contribution in [2.24, 2.45) is 10.2 Å². The molecule has 0 spiro atoms. The van der Waals surface area contributed by atoms with Gasteiger partial charge in [-0.05, 0) is 58.9 Å². The van der Waals surface area contributed by atoms with Gasteiger partial charge in [-0.3, -0.25) is 9.59 Å². The second-order valence-corrected chi connectivity index (χ2v) is 7.18. The number of ether oxygens (including phenoxy) is 4. The van der Waals surface area contributed by atoms with Crippen LogP contribution >= 0.6 is 11.8 Å². The van der Waals surface area contributed by atoms with E-state index in [2.05, 4.69) is 10.2 Å². The monoisotopic (exact) mass is 491 g/mol. The zero-order chi connectivity index (χ0) is 25.1. The van der Waals surface area contributed by atoms with Gasteiger partial charge in [0.15, 0.2) is 17.3 Å². The molecule has 0 aliphatic heterocycles. The number of anilines is 1. The summed E-state index contributed by atoms with van der Waals surface area (Å²) in [6.07, 6.45) is 0. The Bertz CT molecular complexity index is 1010. The lowest BCUT2D eigenvalue weighted by atomic mass is 10.2. The normalized spacial score (nSPS) is 11.7. The van der Waals surface area contributed by atoms with Gasteiger partial charge in [0, 0.05) is 23.9 Å². The number of hydrogen-bond donors (Lipinski definition) is 0. The summed E-state index contributed by atoms with van der Waals surface area (Å²) in [6.45, 7) is 10.3. The van der Waals surface area contributed by atoms with E-state index in [9.17, 15) is 9.59 Å². The summed E-state index contributed by atoms with van der Waals surface area (Å²) in [5.74, 6) is 0.615. The Kier molecular flexibility index (Phi) is 10.6. The third-order valence-electron chi connectivity index (χ3n) is 4.38. The number of amides is 1. The van der Waals surface area contributed by atoms with Gasteiger partial charge >= 0.3 is 0 Å². The van der Waals surface area contributed by atoms with Gasteiger partial charge in [0.2, 0.25) is 6.04 Å². The van der Waals surface area contributed by atoms with Crippen LogP contribution in [0.1, 0.15) is 34.6 Å². The summed E-state index contributed by atoms with van der Waals surface area (Å²) in [5.41, 5.74) is 0.626. The van der Waals surface area contributed by atoms with E-state index in [0.717, 1.165) is 4.42 Å². The van der Waals surface area contributed by atoms with Crippen LogP contribution in [0, 0.1) is 0 Å². The molecule has 1 atom stereocenters. The van der Waals surface area contributed by atoms with Gasteiger partial charge in [0.05, 0.1) is 32.1 Å². The lowest BCUT2D eigenvalue weighted by Crippen LogP contribution is -2.36. The van der Waals surface area contributed by atoms with Crippen molar-refractivity contribution in [2.75, 3.05) is 30.8 Å². The molecule has 0 heterocycles. The van der Waals surface area contributed by atoms with Gasteiger partial charge in [-0.2, -0.15) is 10.2 Å². The molecule has 0 aliphatic carbocycles. The zero-order valence-corrected chi connectivity index (χ0v) is 20.8. The Morgan fingerprint density at radius 3 is 2.06 bits per heavy atom. The number of halogens is 1.